The first-order valence-electron chi connectivity index (χ1n) is 17.0. The zero-order valence-electron chi connectivity index (χ0n) is 30.3. The minimum absolute atomic E-state index is 0.0412. The number of benzene rings is 1. The molecule has 13 heteroatoms. The molecule has 0 saturated carbocycles. The Balaban J connectivity index is 1.61. The summed E-state index contributed by atoms with van der Waals surface area (Å²) in [6, 6.07) is 0. The number of amidine groups is 1. The Morgan fingerprint density at radius 1 is 0.980 bits per heavy atom. The van der Waals surface area contributed by atoms with E-state index in [0.29, 0.717) is 11.4 Å². The fourth-order valence-corrected chi connectivity index (χ4v) is 7.24. The Morgan fingerprint density at radius 2 is 1.67 bits per heavy atom. The number of carbonyl (C=O) groups is 4. The molecule has 1 aromatic rings. The third kappa shape index (κ3) is 6.54. The van der Waals surface area contributed by atoms with Crippen LogP contribution in [-0.2, 0) is 19.0 Å². The number of allylic oxidation sites excluding steroid dienone is 3. The molecule has 0 aromatic heterocycles. The van der Waals surface area contributed by atoms with E-state index in [4.69, 9.17) is 18.9 Å². The number of methoxy groups -OCH3 is 1. The van der Waals surface area contributed by atoms with Crippen molar-refractivity contribution in [1.82, 2.24) is 5.32 Å². The Kier molecular flexibility index (Phi) is 10.5. The number of phenolic OH excluding ortho intramolecular Hbond substituents is 1. The van der Waals surface area contributed by atoms with E-state index in [-0.39, 0.29) is 45.8 Å². The number of Topliss-reactive ketones (excluding diaryl/α,β-unsaturated/α-hetero) is 3. The molecular weight excluding hydrogens is 660 g/mol. The largest absolute Gasteiger partial charge is 0.507 e. The third-order valence-corrected chi connectivity index (χ3v) is 10.5. The summed E-state index contributed by atoms with van der Waals surface area (Å²) in [5, 5.41) is 36.9. The molecule has 1 aliphatic carbocycles. The zero-order valence-corrected chi connectivity index (χ0v) is 30.3. The average Bonchev–Trinajstić information content (AvgIpc) is 3.36. The Labute approximate surface area is 296 Å². The summed E-state index contributed by atoms with van der Waals surface area (Å²) in [4.78, 5) is 58.8. The SMILES string of the molecule is COC1/C=C/OC2(C)Oc3c(C)c(O)c4c(c3C2=O)C(=O)C2=C(NC(=NC2)/C(C)=C\C=C\C(C)C(O)C(C)C(O)C(C)C(OC(C)=O)C1C)C4=O. The highest BCUT2D eigenvalue weighted by atomic mass is 16.7. The number of carbonyl (C=O) groups excluding carboxylic acids is 4. The van der Waals surface area contributed by atoms with Gasteiger partial charge < -0.3 is 39.6 Å². The van der Waals surface area contributed by atoms with Crippen molar-refractivity contribution in [2.45, 2.75) is 85.6 Å². The summed E-state index contributed by atoms with van der Waals surface area (Å²) >= 11 is 0. The second-order valence-electron chi connectivity index (χ2n) is 14.0. The molecule has 0 saturated heterocycles. The molecule has 0 fully saturated rings. The van der Waals surface area contributed by atoms with Crippen molar-refractivity contribution in [3.8, 4) is 11.5 Å². The number of rotatable bonds is 2. The monoisotopic (exact) mass is 706 g/mol. The van der Waals surface area contributed by atoms with Gasteiger partial charge in [-0.25, -0.2) is 0 Å². The highest BCUT2D eigenvalue weighted by Gasteiger charge is 2.52. The third-order valence-electron chi connectivity index (χ3n) is 10.5. The number of nitrogens with zero attached hydrogens (tertiary/aromatic N) is 1. The number of ketones is 3. The first kappa shape index (κ1) is 37.7. The van der Waals surface area contributed by atoms with Crippen LogP contribution in [0, 0.1) is 30.6 Å². The van der Waals surface area contributed by atoms with Crippen molar-refractivity contribution in [2.24, 2.45) is 28.7 Å². The number of phenols is 1. The van der Waals surface area contributed by atoms with Crippen LogP contribution in [0.3, 0.4) is 0 Å². The van der Waals surface area contributed by atoms with Crippen molar-refractivity contribution in [3.63, 3.8) is 0 Å². The highest BCUT2D eigenvalue weighted by Crippen LogP contribution is 2.49. The van der Waals surface area contributed by atoms with Gasteiger partial charge in [-0.15, -0.1) is 0 Å². The van der Waals surface area contributed by atoms with Crippen LogP contribution in [0.5, 0.6) is 11.5 Å². The zero-order chi connectivity index (χ0) is 37.7. The summed E-state index contributed by atoms with van der Waals surface area (Å²) in [7, 11) is 1.44. The minimum Gasteiger partial charge on any atom is -0.507 e. The van der Waals surface area contributed by atoms with Gasteiger partial charge in [0.1, 0.15) is 23.4 Å². The molecule has 274 valence electrons. The number of aliphatic imine (C=N–C) groups is 1. The standard InChI is InChI=1S/C38H46N2O11/c1-16-11-10-12-17(2)37-39-15-23-28(40-37)33(46)26-25(32(23)45)27-35(21(6)31(26)44)51-38(8,36(27)47)49-14-13-24(48-9)18(3)34(50-22(7)41)20(5)30(43)19(4)29(16)42/h10-14,16,18-20,24,29-30,34,42-44H,15H2,1-9H3,(H,39,40)/b11-10+,14-13+,17-12-. The van der Waals surface area contributed by atoms with Gasteiger partial charge in [-0.2, -0.15) is 0 Å². The Morgan fingerprint density at radius 3 is 2.31 bits per heavy atom. The summed E-state index contributed by atoms with van der Waals surface area (Å²) in [5.41, 5.74) is -0.0584. The van der Waals surface area contributed by atoms with E-state index in [1.54, 1.807) is 52.8 Å². The second-order valence-corrected chi connectivity index (χ2v) is 14.0. The van der Waals surface area contributed by atoms with Gasteiger partial charge in [0.2, 0.25) is 5.78 Å². The van der Waals surface area contributed by atoms with Crippen molar-refractivity contribution in [1.29, 1.82) is 0 Å². The molecule has 9 unspecified atom stereocenters. The second kappa shape index (κ2) is 14.2. The lowest BCUT2D eigenvalue weighted by Crippen LogP contribution is -2.46. The number of ether oxygens (including phenoxy) is 4. The molecule has 6 aliphatic rings. The Hall–Kier alpha value is -4.59. The van der Waals surface area contributed by atoms with Crippen LogP contribution in [0.25, 0.3) is 0 Å². The smallest absolute Gasteiger partial charge is 0.312 e. The van der Waals surface area contributed by atoms with Crippen molar-refractivity contribution in [2.75, 3.05) is 13.7 Å². The van der Waals surface area contributed by atoms with Gasteiger partial charge in [0.25, 0.3) is 5.78 Å². The molecule has 0 spiro atoms. The predicted octanol–water partition coefficient (Wildman–Crippen LogP) is 3.89. The molecule has 51 heavy (non-hydrogen) atoms. The fourth-order valence-electron chi connectivity index (χ4n) is 7.24. The molecule has 4 N–H and O–H groups in total. The summed E-state index contributed by atoms with van der Waals surface area (Å²) < 4.78 is 23.3. The van der Waals surface area contributed by atoms with E-state index in [1.807, 2.05) is 0 Å². The number of aliphatic hydroxyl groups is 2. The van der Waals surface area contributed by atoms with Crippen LogP contribution in [-0.4, -0.2) is 88.3 Å². The molecule has 0 amide bonds. The molecular formula is C38H46N2O11. The van der Waals surface area contributed by atoms with E-state index in [1.165, 1.54) is 40.2 Å². The fraction of sp³-hybridized carbons (Fsp3) is 0.500. The summed E-state index contributed by atoms with van der Waals surface area (Å²) in [6.45, 7) is 12.7. The predicted molar refractivity (Wildman–Crippen MR) is 185 cm³/mol. The minimum atomic E-state index is -2.00. The summed E-state index contributed by atoms with van der Waals surface area (Å²) in [6.07, 6.45) is 4.23. The van der Waals surface area contributed by atoms with E-state index in [0.717, 1.165) is 0 Å². The van der Waals surface area contributed by atoms with E-state index in [2.05, 4.69) is 10.3 Å². The maximum atomic E-state index is 14.1. The first-order chi connectivity index (χ1) is 23.9. The van der Waals surface area contributed by atoms with Gasteiger partial charge in [0, 0.05) is 55.8 Å². The number of esters is 1. The normalized spacial score (nSPS) is 34.9. The van der Waals surface area contributed by atoms with Gasteiger partial charge >= 0.3 is 11.8 Å². The van der Waals surface area contributed by atoms with Crippen LogP contribution in [0.1, 0.15) is 85.1 Å². The van der Waals surface area contributed by atoms with E-state index < -0.39 is 82.9 Å². The lowest BCUT2D eigenvalue weighted by Gasteiger charge is -2.38. The number of aliphatic hydroxyl groups excluding tert-OH is 2. The molecule has 5 heterocycles. The molecule has 1 aromatic carbocycles. The van der Waals surface area contributed by atoms with Crippen LogP contribution in [0.4, 0.5) is 0 Å². The maximum Gasteiger partial charge on any atom is 0.312 e. The van der Waals surface area contributed by atoms with Gasteiger partial charge in [0.05, 0.1) is 53.5 Å². The van der Waals surface area contributed by atoms with E-state index >= 15 is 0 Å². The van der Waals surface area contributed by atoms with Gasteiger partial charge in [-0.05, 0) is 25.5 Å². The van der Waals surface area contributed by atoms with Gasteiger partial charge in [-0.3, -0.25) is 24.2 Å². The van der Waals surface area contributed by atoms with Gasteiger partial charge in [-0.1, -0.05) is 45.9 Å². The quantitative estimate of drug-likeness (QED) is 0.325. The lowest BCUT2D eigenvalue weighted by atomic mass is 9.78. The maximum absolute atomic E-state index is 14.1. The molecule has 5 aliphatic heterocycles. The number of hydrogen-bond acceptors (Lipinski definition) is 13. The molecule has 7 rings (SSSR count). The van der Waals surface area contributed by atoms with Crippen LogP contribution >= 0.6 is 0 Å². The van der Waals surface area contributed by atoms with Crippen LogP contribution in [0.15, 0.2) is 52.4 Å². The van der Waals surface area contributed by atoms with E-state index in [9.17, 15) is 34.5 Å². The Bertz CT molecular complexity index is 1820. The van der Waals surface area contributed by atoms with Crippen molar-refractivity contribution >= 4 is 29.2 Å². The van der Waals surface area contributed by atoms with Crippen LogP contribution in [0.2, 0.25) is 0 Å². The number of hydrogen-bond donors (Lipinski definition) is 4. The first-order valence-corrected chi connectivity index (χ1v) is 17.0. The van der Waals surface area contributed by atoms with Gasteiger partial charge in [0.15, 0.2) is 5.78 Å². The number of aromatic hydroxyl groups is 1. The van der Waals surface area contributed by atoms with Crippen molar-refractivity contribution in [3.05, 3.63) is 69.7 Å². The highest BCUT2D eigenvalue weighted by molar-refractivity contribution is 6.33. The molecule has 9 atom stereocenters. The number of nitrogens with one attached hydrogen (secondary N) is 1. The molecule has 0 radical (unpaired) electrons. The molecule has 13 nitrogen and oxygen atoms in total. The topological polar surface area (TPSA) is 190 Å². The average molecular weight is 707 g/mol. The lowest BCUT2D eigenvalue weighted by molar-refractivity contribution is -0.160. The number of fused-ring (bicyclic) bond motifs is 1. The van der Waals surface area contributed by atoms with Crippen molar-refractivity contribution < 1.29 is 53.4 Å². The molecule has 7 bridgehead atoms. The summed E-state index contributed by atoms with van der Waals surface area (Å²) in [5.74, 6) is -7.11. The van der Waals surface area contributed by atoms with Crippen LogP contribution < -0.4 is 10.1 Å².